The monoisotopic (exact) mass is 419 g/mol. The van der Waals surface area contributed by atoms with E-state index in [1.807, 2.05) is 64.0 Å². The second kappa shape index (κ2) is 8.05. The van der Waals surface area contributed by atoms with Crippen LogP contribution in [0, 0.1) is 0 Å². The molecule has 6 heteroatoms. The summed E-state index contributed by atoms with van der Waals surface area (Å²) >= 11 is 3.45. The Hall–Kier alpha value is -2.57. The molecule has 29 heavy (non-hydrogen) atoms. The Labute approximate surface area is 178 Å². The fourth-order valence-corrected chi connectivity index (χ4v) is 4.88. The molecule has 1 aliphatic carbocycles. The number of carbonyl (C=O) groups is 1. The third kappa shape index (κ3) is 4.23. The van der Waals surface area contributed by atoms with Crippen LogP contribution in [0.15, 0.2) is 77.3 Å². The summed E-state index contributed by atoms with van der Waals surface area (Å²) < 4.78 is 2.04. The molecular formula is C23H21N3OS2. The molecule has 0 unspecified atom stereocenters. The number of aromatic nitrogens is 2. The quantitative estimate of drug-likeness (QED) is 0.372. The number of imidazole rings is 1. The highest BCUT2D eigenvalue weighted by Crippen LogP contribution is 2.31. The Kier molecular flexibility index (Phi) is 5.12. The number of amides is 1. The van der Waals surface area contributed by atoms with Gasteiger partial charge in [-0.1, -0.05) is 12.1 Å². The Morgan fingerprint density at radius 3 is 2.72 bits per heavy atom. The molecule has 4 nitrogen and oxygen atoms in total. The van der Waals surface area contributed by atoms with Crippen LogP contribution in [0.2, 0.25) is 0 Å². The minimum Gasteiger partial charge on any atom is -0.331 e. The van der Waals surface area contributed by atoms with Crippen molar-refractivity contribution in [3.63, 3.8) is 0 Å². The predicted molar refractivity (Wildman–Crippen MR) is 118 cm³/mol. The molecule has 1 aromatic carbocycles. The standard InChI is InChI=1S/C23H21N3OS2/c27-23(26(19-8-9-19)15-21-4-3-13-28-21)17-6-10-20(11-7-17)29-16-18-14-25-12-2-1-5-22(25)24-18/h1-7,10-14,19H,8-9,15-16H2. The predicted octanol–water partition coefficient (Wildman–Crippen LogP) is 5.49. The number of hydrogen-bond acceptors (Lipinski definition) is 4. The minimum absolute atomic E-state index is 0.137. The first kappa shape index (κ1) is 18.5. The minimum atomic E-state index is 0.137. The van der Waals surface area contributed by atoms with E-state index in [1.165, 1.54) is 4.88 Å². The van der Waals surface area contributed by atoms with Crippen molar-refractivity contribution in [2.45, 2.75) is 36.1 Å². The van der Waals surface area contributed by atoms with Crippen LogP contribution in [-0.4, -0.2) is 26.2 Å². The van der Waals surface area contributed by atoms with Crippen molar-refractivity contribution < 1.29 is 4.79 Å². The largest absolute Gasteiger partial charge is 0.331 e. The maximum Gasteiger partial charge on any atom is 0.254 e. The van der Waals surface area contributed by atoms with Gasteiger partial charge in [-0.3, -0.25) is 4.79 Å². The number of pyridine rings is 1. The second-order valence-corrected chi connectivity index (χ2v) is 9.34. The average molecular weight is 420 g/mol. The fraction of sp³-hybridized carbons (Fsp3) is 0.217. The van der Waals surface area contributed by atoms with Crippen LogP contribution in [-0.2, 0) is 12.3 Å². The lowest BCUT2D eigenvalue weighted by molar-refractivity contribution is 0.0731. The van der Waals surface area contributed by atoms with Crippen LogP contribution in [0.4, 0.5) is 0 Å². The van der Waals surface area contributed by atoms with Crippen LogP contribution in [0.1, 0.15) is 33.8 Å². The molecule has 0 bridgehead atoms. The van der Waals surface area contributed by atoms with Gasteiger partial charge in [0.2, 0.25) is 0 Å². The summed E-state index contributed by atoms with van der Waals surface area (Å²) in [5.74, 6) is 0.944. The molecule has 1 saturated carbocycles. The van der Waals surface area contributed by atoms with Crippen molar-refractivity contribution >= 4 is 34.7 Å². The molecule has 3 aromatic heterocycles. The van der Waals surface area contributed by atoms with Gasteiger partial charge in [-0.25, -0.2) is 4.98 Å². The lowest BCUT2D eigenvalue weighted by Crippen LogP contribution is -2.32. The zero-order valence-electron chi connectivity index (χ0n) is 15.9. The van der Waals surface area contributed by atoms with Crippen molar-refractivity contribution in [3.05, 3.63) is 88.5 Å². The van der Waals surface area contributed by atoms with E-state index in [4.69, 9.17) is 0 Å². The summed E-state index contributed by atoms with van der Waals surface area (Å²) in [7, 11) is 0. The molecule has 0 aliphatic heterocycles. The van der Waals surface area contributed by atoms with E-state index >= 15 is 0 Å². The Balaban J connectivity index is 1.24. The molecule has 146 valence electrons. The number of carbonyl (C=O) groups excluding carboxylic acids is 1. The van der Waals surface area contributed by atoms with Gasteiger partial charge >= 0.3 is 0 Å². The summed E-state index contributed by atoms with van der Waals surface area (Å²) in [6, 6.07) is 18.6. The summed E-state index contributed by atoms with van der Waals surface area (Å²) in [6.07, 6.45) is 6.31. The van der Waals surface area contributed by atoms with Gasteiger partial charge in [-0.15, -0.1) is 23.1 Å². The van der Waals surface area contributed by atoms with E-state index in [0.29, 0.717) is 12.6 Å². The van der Waals surface area contributed by atoms with Gasteiger partial charge in [-0.2, -0.15) is 0 Å². The molecule has 0 atom stereocenters. The molecular weight excluding hydrogens is 398 g/mol. The highest BCUT2D eigenvalue weighted by Gasteiger charge is 2.33. The number of thioether (sulfide) groups is 1. The van der Waals surface area contributed by atoms with Gasteiger partial charge in [-0.05, 0) is 60.7 Å². The van der Waals surface area contributed by atoms with Crippen LogP contribution < -0.4 is 0 Å². The van der Waals surface area contributed by atoms with Crippen LogP contribution in [0.3, 0.4) is 0 Å². The smallest absolute Gasteiger partial charge is 0.254 e. The summed E-state index contributed by atoms with van der Waals surface area (Å²) in [5, 5.41) is 2.07. The van der Waals surface area contributed by atoms with Gasteiger partial charge in [0.15, 0.2) is 0 Å². The van der Waals surface area contributed by atoms with E-state index in [-0.39, 0.29) is 5.91 Å². The van der Waals surface area contributed by atoms with Gasteiger partial charge in [0, 0.05) is 39.5 Å². The van der Waals surface area contributed by atoms with Crippen molar-refractivity contribution in [2.75, 3.05) is 0 Å². The van der Waals surface area contributed by atoms with Crippen LogP contribution in [0.25, 0.3) is 5.65 Å². The first-order valence-electron chi connectivity index (χ1n) is 9.75. The lowest BCUT2D eigenvalue weighted by atomic mass is 10.2. The molecule has 4 aromatic rings. The average Bonchev–Trinajstić information content (AvgIpc) is 3.30. The molecule has 0 N–H and O–H groups in total. The van der Waals surface area contributed by atoms with Crippen molar-refractivity contribution in [3.8, 4) is 0 Å². The van der Waals surface area contributed by atoms with Crippen molar-refractivity contribution in [1.82, 2.24) is 14.3 Å². The number of rotatable bonds is 7. The van der Waals surface area contributed by atoms with Crippen LogP contribution in [0.5, 0.6) is 0 Å². The molecule has 1 fully saturated rings. The SMILES string of the molecule is O=C(c1ccc(SCc2cn3ccccc3n2)cc1)N(Cc1cccs1)C1CC1. The number of hydrogen-bond donors (Lipinski definition) is 0. The first-order valence-corrected chi connectivity index (χ1v) is 11.6. The first-order chi connectivity index (χ1) is 14.3. The van der Waals surface area contributed by atoms with E-state index < -0.39 is 0 Å². The van der Waals surface area contributed by atoms with E-state index in [1.54, 1.807) is 23.1 Å². The number of benzene rings is 1. The molecule has 0 saturated heterocycles. The fourth-order valence-electron chi connectivity index (χ4n) is 3.40. The zero-order valence-corrected chi connectivity index (χ0v) is 17.5. The Bertz CT molecular complexity index is 1080. The van der Waals surface area contributed by atoms with Crippen LogP contribution >= 0.6 is 23.1 Å². The van der Waals surface area contributed by atoms with Gasteiger partial charge < -0.3 is 9.30 Å². The third-order valence-corrected chi connectivity index (χ3v) is 6.96. The Morgan fingerprint density at radius 1 is 1.14 bits per heavy atom. The lowest BCUT2D eigenvalue weighted by Gasteiger charge is -2.22. The van der Waals surface area contributed by atoms with E-state index in [9.17, 15) is 4.79 Å². The molecule has 0 radical (unpaired) electrons. The Morgan fingerprint density at radius 2 is 2.00 bits per heavy atom. The molecule has 5 rings (SSSR count). The summed E-state index contributed by atoms with van der Waals surface area (Å²) in [5.41, 5.74) is 2.79. The zero-order chi connectivity index (χ0) is 19.6. The second-order valence-electron chi connectivity index (χ2n) is 7.25. The molecule has 0 spiro atoms. The van der Waals surface area contributed by atoms with E-state index in [2.05, 4.69) is 22.6 Å². The number of thiophene rings is 1. The molecule has 3 heterocycles. The number of nitrogens with zero attached hydrogens (tertiary/aromatic N) is 3. The molecule has 1 aliphatic rings. The normalized spacial score (nSPS) is 13.7. The highest BCUT2D eigenvalue weighted by atomic mass is 32.2. The topological polar surface area (TPSA) is 37.6 Å². The van der Waals surface area contributed by atoms with Gasteiger partial charge in [0.25, 0.3) is 5.91 Å². The van der Waals surface area contributed by atoms with E-state index in [0.717, 1.165) is 40.4 Å². The molecule has 1 amide bonds. The highest BCUT2D eigenvalue weighted by molar-refractivity contribution is 7.98. The third-order valence-electron chi connectivity index (χ3n) is 5.06. The maximum atomic E-state index is 13.1. The number of fused-ring (bicyclic) bond motifs is 1. The van der Waals surface area contributed by atoms with Crippen molar-refractivity contribution in [2.24, 2.45) is 0 Å². The van der Waals surface area contributed by atoms with Gasteiger partial charge in [0.1, 0.15) is 5.65 Å². The summed E-state index contributed by atoms with van der Waals surface area (Å²) in [4.78, 5) is 22.1. The van der Waals surface area contributed by atoms with Gasteiger partial charge in [0.05, 0.1) is 12.2 Å². The van der Waals surface area contributed by atoms with Crippen molar-refractivity contribution in [1.29, 1.82) is 0 Å². The summed E-state index contributed by atoms with van der Waals surface area (Å²) in [6.45, 7) is 0.714. The maximum absolute atomic E-state index is 13.1.